The molecule has 2 atom stereocenters. The Hall–Kier alpha value is -0.450. The number of aromatic nitrogens is 1. The van der Waals surface area contributed by atoms with Gasteiger partial charge in [0.15, 0.2) is 0 Å². The lowest BCUT2D eigenvalue weighted by Gasteiger charge is -2.36. The van der Waals surface area contributed by atoms with Crippen LogP contribution < -0.4 is 5.32 Å². The molecule has 1 saturated carbocycles. The highest BCUT2D eigenvalue weighted by Gasteiger charge is 2.31. The molecule has 1 aliphatic rings. The predicted molar refractivity (Wildman–Crippen MR) is 85.3 cm³/mol. The summed E-state index contributed by atoms with van der Waals surface area (Å²) in [5, 5.41) is 3.66. The van der Waals surface area contributed by atoms with Crippen molar-refractivity contribution in [3.8, 4) is 0 Å². The Morgan fingerprint density at radius 1 is 1.35 bits per heavy atom. The summed E-state index contributed by atoms with van der Waals surface area (Å²) in [4.78, 5) is 5.56. The molecule has 114 valence electrons. The fourth-order valence-corrected chi connectivity index (χ4v) is 4.02. The molecule has 2 rings (SSSR count). The number of rotatable bonds is 8. The second-order valence-corrected chi connectivity index (χ2v) is 6.62. The Labute approximate surface area is 127 Å². The third-order valence-electron chi connectivity index (χ3n) is 4.24. The average molecular weight is 296 g/mol. The molecule has 1 fully saturated rings. The minimum atomic E-state index is 0.349. The van der Waals surface area contributed by atoms with Crippen LogP contribution in [0.25, 0.3) is 0 Å². The number of hydrogen-bond donors (Lipinski definition) is 1. The van der Waals surface area contributed by atoms with E-state index in [-0.39, 0.29) is 0 Å². The van der Waals surface area contributed by atoms with Crippen LogP contribution in [0.4, 0.5) is 0 Å². The Bertz CT molecular complexity index is 349. The molecule has 2 unspecified atom stereocenters. The minimum absolute atomic E-state index is 0.349. The Morgan fingerprint density at radius 3 is 2.75 bits per heavy atom. The second kappa shape index (κ2) is 8.75. The Kier molecular flexibility index (Phi) is 6.97. The molecule has 1 N–H and O–H groups in total. The van der Waals surface area contributed by atoms with Crippen molar-refractivity contribution in [2.45, 2.75) is 64.5 Å². The van der Waals surface area contributed by atoms with E-state index in [0.29, 0.717) is 12.1 Å². The molecular formula is C16H28N2OS. The van der Waals surface area contributed by atoms with Gasteiger partial charge in [-0.15, -0.1) is 11.3 Å². The van der Waals surface area contributed by atoms with Crippen LogP contribution in [0, 0.1) is 5.92 Å². The molecule has 0 spiro atoms. The topological polar surface area (TPSA) is 34.2 Å². The van der Waals surface area contributed by atoms with Gasteiger partial charge in [0.2, 0.25) is 0 Å². The van der Waals surface area contributed by atoms with Crippen LogP contribution >= 0.6 is 11.3 Å². The van der Waals surface area contributed by atoms with Crippen LogP contribution in [0.2, 0.25) is 0 Å². The van der Waals surface area contributed by atoms with Crippen LogP contribution in [0.1, 0.15) is 50.8 Å². The standard InChI is InChI=1S/C16H28N2OS/c1-3-18-15(10-14-11-17-12-20-14)16(19-4-2)13-8-6-5-7-9-13/h11-13,15-16,18H,3-10H2,1-2H3. The lowest BCUT2D eigenvalue weighted by molar-refractivity contribution is -0.0170. The summed E-state index contributed by atoms with van der Waals surface area (Å²) in [6, 6.07) is 0.420. The van der Waals surface area contributed by atoms with E-state index in [9.17, 15) is 0 Å². The van der Waals surface area contributed by atoms with Crippen molar-refractivity contribution in [3.05, 3.63) is 16.6 Å². The van der Waals surface area contributed by atoms with Gasteiger partial charge in [-0.25, -0.2) is 0 Å². The molecular weight excluding hydrogens is 268 g/mol. The molecule has 0 bridgehead atoms. The Balaban J connectivity index is 2.04. The van der Waals surface area contributed by atoms with Gasteiger partial charge in [0, 0.05) is 30.1 Å². The highest BCUT2D eigenvalue weighted by Crippen LogP contribution is 2.30. The maximum Gasteiger partial charge on any atom is 0.0794 e. The fourth-order valence-electron chi connectivity index (χ4n) is 3.36. The molecule has 20 heavy (non-hydrogen) atoms. The van der Waals surface area contributed by atoms with Gasteiger partial charge in [0.05, 0.1) is 11.6 Å². The normalized spacial score (nSPS) is 19.9. The summed E-state index contributed by atoms with van der Waals surface area (Å²) >= 11 is 1.75. The first kappa shape index (κ1) is 15.9. The highest BCUT2D eigenvalue weighted by atomic mass is 32.1. The van der Waals surface area contributed by atoms with Gasteiger partial charge >= 0.3 is 0 Å². The fraction of sp³-hybridized carbons (Fsp3) is 0.812. The molecule has 3 nitrogen and oxygen atoms in total. The molecule has 0 aromatic carbocycles. The molecule has 0 saturated heterocycles. The van der Waals surface area contributed by atoms with Crippen LogP contribution in [-0.4, -0.2) is 30.3 Å². The zero-order chi connectivity index (χ0) is 14.2. The van der Waals surface area contributed by atoms with Crippen molar-refractivity contribution in [3.63, 3.8) is 0 Å². The quantitative estimate of drug-likeness (QED) is 0.795. The van der Waals surface area contributed by atoms with Crippen LogP contribution in [0.15, 0.2) is 11.7 Å². The first-order chi connectivity index (χ1) is 9.85. The molecule has 0 amide bonds. The van der Waals surface area contributed by atoms with Gasteiger partial charge in [0.1, 0.15) is 0 Å². The van der Waals surface area contributed by atoms with Gasteiger partial charge in [-0.3, -0.25) is 4.98 Å². The predicted octanol–water partition coefficient (Wildman–Crippen LogP) is 3.65. The second-order valence-electron chi connectivity index (χ2n) is 5.65. The molecule has 1 heterocycles. The van der Waals surface area contributed by atoms with Gasteiger partial charge in [-0.05, 0) is 32.2 Å². The summed E-state index contributed by atoms with van der Waals surface area (Å²) in [6.45, 7) is 6.11. The number of hydrogen-bond acceptors (Lipinski definition) is 4. The van der Waals surface area contributed by atoms with E-state index < -0.39 is 0 Å². The van der Waals surface area contributed by atoms with Crippen molar-refractivity contribution >= 4 is 11.3 Å². The molecule has 0 aliphatic heterocycles. The van der Waals surface area contributed by atoms with Crippen molar-refractivity contribution in [1.82, 2.24) is 10.3 Å². The van der Waals surface area contributed by atoms with E-state index in [0.717, 1.165) is 25.5 Å². The number of nitrogens with zero attached hydrogens (tertiary/aromatic N) is 1. The lowest BCUT2D eigenvalue weighted by atomic mass is 9.81. The molecule has 4 heteroatoms. The average Bonchev–Trinajstić information content (AvgIpc) is 2.98. The maximum atomic E-state index is 6.17. The summed E-state index contributed by atoms with van der Waals surface area (Å²) in [6.07, 6.45) is 10.2. The van der Waals surface area contributed by atoms with E-state index in [2.05, 4.69) is 24.1 Å². The van der Waals surface area contributed by atoms with Gasteiger partial charge in [-0.2, -0.15) is 0 Å². The number of likely N-dealkylation sites (N-methyl/N-ethyl adjacent to an activating group) is 1. The van der Waals surface area contributed by atoms with E-state index >= 15 is 0 Å². The van der Waals surface area contributed by atoms with E-state index in [1.54, 1.807) is 11.3 Å². The molecule has 0 radical (unpaired) electrons. The molecule has 1 aliphatic carbocycles. The zero-order valence-corrected chi connectivity index (χ0v) is 13.6. The largest absolute Gasteiger partial charge is 0.377 e. The number of ether oxygens (including phenoxy) is 1. The van der Waals surface area contributed by atoms with Gasteiger partial charge in [-0.1, -0.05) is 26.2 Å². The molecule has 1 aromatic heterocycles. The minimum Gasteiger partial charge on any atom is -0.377 e. The maximum absolute atomic E-state index is 6.17. The summed E-state index contributed by atoms with van der Waals surface area (Å²) < 4.78 is 6.17. The zero-order valence-electron chi connectivity index (χ0n) is 12.8. The van der Waals surface area contributed by atoms with E-state index in [1.807, 2.05) is 11.7 Å². The van der Waals surface area contributed by atoms with E-state index in [1.165, 1.54) is 37.0 Å². The smallest absolute Gasteiger partial charge is 0.0794 e. The number of thiazole rings is 1. The monoisotopic (exact) mass is 296 g/mol. The van der Waals surface area contributed by atoms with Crippen LogP contribution in [0.3, 0.4) is 0 Å². The van der Waals surface area contributed by atoms with Crippen molar-refractivity contribution < 1.29 is 4.74 Å². The SMILES string of the molecule is CCNC(Cc1cncs1)C(OCC)C1CCCCC1. The van der Waals surface area contributed by atoms with Gasteiger partial charge < -0.3 is 10.1 Å². The number of nitrogens with one attached hydrogen (secondary N) is 1. The Morgan fingerprint density at radius 2 is 2.15 bits per heavy atom. The first-order valence-electron chi connectivity index (χ1n) is 8.07. The third kappa shape index (κ3) is 4.54. The third-order valence-corrected chi connectivity index (χ3v) is 5.04. The van der Waals surface area contributed by atoms with Gasteiger partial charge in [0.25, 0.3) is 0 Å². The summed E-state index contributed by atoms with van der Waals surface area (Å²) in [7, 11) is 0. The summed E-state index contributed by atoms with van der Waals surface area (Å²) in [5.74, 6) is 0.723. The van der Waals surface area contributed by atoms with Crippen LogP contribution in [0.5, 0.6) is 0 Å². The highest BCUT2D eigenvalue weighted by molar-refractivity contribution is 7.09. The van der Waals surface area contributed by atoms with Crippen molar-refractivity contribution in [1.29, 1.82) is 0 Å². The van der Waals surface area contributed by atoms with Crippen LogP contribution in [-0.2, 0) is 11.2 Å². The first-order valence-corrected chi connectivity index (χ1v) is 8.95. The van der Waals surface area contributed by atoms with E-state index in [4.69, 9.17) is 4.74 Å². The van der Waals surface area contributed by atoms with Crippen molar-refractivity contribution in [2.75, 3.05) is 13.2 Å². The summed E-state index contributed by atoms with van der Waals surface area (Å²) in [5.41, 5.74) is 1.93. The van der Waals surface area contributed by atoms with Crippen molar-refractivity contribution in [2.24, 2.45) is 5.92 Å². The lowest BCUT2D eigenvalue weighted by Crippen LogP contribution is -2.47. The molecule has 1 aromatic rings.